The SMILES string of the molecule is CC=C1CCC(CC2CC[C@@](C(=O)N3CCc4ncc(C(F)(F)F)cc4C3)(C(C)C)C2)CC1. The maximum atomic E-state index is 13.9. The molecule has 1 unspecified atom stereocenters. The second-order valence-corrected chi connectivity index (χ2v) is 10.8. The van der Waals surface area contributed by atoms with Crippen LogP contribution in [0, 0.1) is 23.2 Å². The zero-order valence-electron chi connectivity index (χ0n) is 20.2. The molecule has 182 valence electrons. The third kappa shape index (κ3) is 5.00. The minimum absolute atomic E-state index is 0.142. The lowest BCUT2D eigenvalue weighted by Gasteiger charge is -2.39. The smallest absolute Gasteiger partial charge is 0.337 e. The molecular formula is C27H37F3N2O. The lowest BCUT2D eigenvalue weighted by Crippen LogP contribution is -2.47. The number of halogens is 3. The number of nitrogens with zero attached hydrogens (tertiary/aromatic N) is 2. The normalized spacial score (nSPS) is 28.2. The van der Waals surface area contributed by atoms with Crippen molar-refractivity contribution >= 4 is 5.91 Å². The van der Waals surface area contributed by atoms with E-state index in [1.807, 2.05) is 4.90 Å². The summed E-state index contributed by atoms with van der Waals surface area (Å²) < 4.78 is 39.5. The number of pyridine rings is 1. The number of alkyl halides is 3. The van der Waals surface area contributed by atoms with Crippen LogP contribution in [0.3, 0.4) is 0 Å². The monoisotopic (exact) mass is 462 g/mol. The van der Waals surface area contributed by atoms with Crippen LogP contribution in [0.1, 0.15) is 89.0 Å². The summed E-state index contributed by atoms with van der Waals surface area (Å²) in [5.41, 5.74) is 1.69. The molecule has 1 aliphatic heterocycles. The Labute approximate surface area is 195 Å². The molecule has 6 heteroatoms. The number of aromatic nitrogens is 1. The minimum atomic E-state index is -4.42. The van der Waals surface area contributed by atoms with Gasteiger partial charge in [0.25, 0.3) is 0 Å². The van der Waals surface area contributed by atoms with Crippen molar-refractivity contribution in [1.82, 2.24) is 9.88 Å². The highest BCUT2D eigenvalue weighted by molar-refractivity contribution is 5.83. The molecule has 2 aliphatic carbocycles. The minimum Gasteiger partial charge on any atom is -0.337 e. The van der Waals surface area contributed by atoms with E-state index >= 15 is 0 Å². The van der Waals surface area contributed by atoms with Crippen LogP contribution < -0.4 is 0 Å². The van der Waals surface area contributed by atoms with Gasteiger partial charge in [-0.3, -0.25) is 9.78 Å². The van der Waals surface area contributed by atoms with E-state index in [0.717, 1.165) is 31.4 Å². The van der Waals surface area contributed by atoms with Gasteiger partial charge in [-0.25, -0.2) is 0 Å². The van der Waals surface area contributed by atoms with Crippen LogP contribution in [-0.2, 0) is 23.9 Å². The number of carbonyl (C=O) groups excluding carboxylic acids is 1. The predicted molar refractivity (Wildman–Crippen MR) is 123 cm³/mol. The largest absolute Gasteiger partial charge is 0.417 e. The van der Waals surface area contributed by atoms with Crippen LogP contribution >= 0.6 is 0 Å². The van der Waals surface area contributed by atoms with Gasteiger partial charge in [-0.1, -0.05) is 25.5 Å². The van der Waals surface area contributed by atoms with Crippen molar-refractivity contribution in [3.05, 3.63) is 40.7 Å². The lowest BCUT2D eigenvalue weighted by atomic mass is 9.72. The molecule has 0 N–H and O–H groups in total. The summed E-state index contributed by atoms with van der Waals surface area (Å²) >= 11 is 0. The van der Waals surface area contributed by atoms with Gasteiger partial charge in [-0.15, -0.1) is 0 Å². The molecular weight excluding hydrogens is 425 g/mol. The van der Waals surface area contributed by atoms with E-state index in [4.69, 9.17) is 0 Å². The molecule has 0 bridgehead atoms. The number of allylic oxidation sites excluding steroid dienone is 2. The molecule has 4 rings (SSSR count). The molecule has 0 spiro atoms. The Kier molecular flexibility index (Phi) is 6.93. The van der Waals surface area contributed by atoms with Crippen molar-refractivity contribution in [3.8, 4) is 0 Å². The second kappa shape index (κ2) is 9.42. The summed E-state index contributed by atoms with van der Waals surface area (Å²) in [4.78, 5) is 19.7. The Bertz CT molecular complexity index is 897. The number of amides is 1. The average Bonchev–Trinajstić information content (AvgIpc) is 3.23. The number of hydrogen-bond donors (Lipinski definition) is 0. The third-order valence-electron chi connectivity index (χ3n) is 8.66. The van der Waals surface area contributed by atoms with Gasteiger partial charge in [0.1, 0.15) is 0 Å². The van der Waals surface area contributed by atoms with E-state index in [9.17, 15) is 18.0 Å². The first-order chi connectivity index (χ1) is 15.6. The van der Waals surface area contributed by atoms with Gasteiger partial charge in [0, 0.05) is 31.4 Å². The first kappa shape index (κ1) is 24.3. The zero-order chi connectivity index (χ0) is 23.8. The Morgan fingerprint density at radius 2 is 1.94 bits per heavy atom. The molecule has 3 nitrogen and oxygen atoms in total. The topological polar surface area (TPSA) is 33.2 Å². The first-order valence-electron chi connectivity index (χ1n) is 12.6. The van der Waals surface area contributed by atoms with Gasteiger partial charge >= 0.3 is 6.18 Å². The Hall–Kier alpha value is -1.85. The molecule has 0 aromatic carbocycles. The summed E-state index contributed by atoms with van der Waals surface area (Å²) in [5, 5.41) is 0. The van der Waals surface area contributed by atoms with Crippen molar-refractivity contribution in [2.24, 2.45) is 23.2 Å². The number of carbonyl (C=O) groups is 1. The molecule has 1 amide bonds. The Balaban J connectivity index is 1.45. The average molecular weight is 463 g/mol. The highest BCUT2D eigenvalue weighted by Gasteiger charge is 2.49. The van der Waals surface area contributed by atoms with Crippen molar-refractivity contribution < 1.29 is 18.0 Å². The third-order valence-corrected chi connectivity index (χ3v) is 8.66. The standard InChI is InChI=1S/C27H37F3N2O/c1-4-19-5-7-20(8-6-19)13-21-9-11-26(15-21,18(2)3)25(33)32-12-10-24-22(17-32)14-23(16-31-24)27(28,29)30/h4,14,16,18,20-21H,5-13,15,17H2,1-3H3/t20?,21?,26-/m0/s1. The lowest BCUT2D eigenvalue weighted by molar-refractivity contribution is -0.146. The summed E-state index contributed by atoms with van der Waals surface area (Å²) in [5.74, 6) is 1.69. The van der Waals surface area contributed by atoms with E-state index in [2.05, 4.69) is 31.8 Å². The van der Waals surface area contributed by atoms with Gasteiger partial charge in [-0.05, 0) is 87.7 Å². The van der Waals surface area contributed by atoms with Gasteiger partial charge in [0.15, 0.2) is 0 Å². The summed E-state index contributed by atoms with van der Waals surface area (Å²) in [6.45, 7) is 7.19. The maximum absolute atomic E-state index is 13.9. The van der Waals surface area contributed by atoms with Crippen molar-refractivity contribution in [1.29, 1.82) is 0 Å². The van der Waals surface area contributed by atoms with Crippen molar-refractivity contribution in [2.45, 2.75) is 91.3 Å². The summed E-state index contributed by atoms with van der Waals surface area (Å²) in [7, 11) is 0. The fourth-order valence-electron chi connectivity index (χ4n) is 6.46. The van der Waals surface area contributed by atoms with Crippen LogP contribution in [-0.4, -0.2) is 22.3 Å². The van der Waals surface area contributed by atoms with Gasteiger partial charge in [0.05, 0.1) is 11.0 Å². The summed E-state index contributed by atoms with van der Waals surface area (Å²) in [6, 6.07) is 1.18. The second-order valence-electron chi connectivity index (χ2n) is 10.8. The van der Waals surface area contributed by atoms with Crippen LogP contribution in [0.15, 0.2) is 23.9 Å². The van der Waals surface area contributed by atoms with Gasteiger partial charge < -0.3 is 4.90 Å². The molecule has 1 aromatic heterocycles. The van der Waals surface area contributed by atoms with Crippen molar-refractivity contribution in [3.63, 3.8) is 0 Å². The number of fused-ring (bicyclic) bond motifs is 1. The molecule has 2 heterocycles. The molecule has 2 saturated carbocycles. The molecule has 2 fully saturated rings. The van der Waals surface area contributed by atoms with Crippen LogP contribution in [0.25, 0.3) is 0 Å². The van der Waals surface area contributed by atoms with Crippen LogP contribution in [0.5, 0.6) is 0 Å². The number of rotatable bonds is 4. The zero-order valence-corrected chi connectivity index (χ0v) is 20.2. The molecule has 0 saturated heterocycles. The Morgan fingerprint density at radius 1 is 1.21 bits per heavy atom. The quantitative estimate of drug-likeness (QED) is 0.454. The summed E-state index contributed by atoms with van der Waals surface area (Å²) in [6.07, 6.45) is 8.33. The van der Waals surface area contributed by atoms with E-state index in [1.54, 1.807) is 5.57 Å². The van der Waals surface area contributed by atoms with E-state index in [1.165, 1.54) is 38.2 Å². The molecule has 1 aromatic rings. The fraction of sp³-hybridized carbons (Fsp3) is 0.704. The van der Waals surface area contributed by atoms with Crippen molar-refractivity contribution in [2.75, 3.05) is 6.54 Å². The molecule has 2 atom stereocenters. The van der Waals surface area contributed by atoms with Crippen LogP contribution in [0.2, 0.25) is 0 Å². The first-order valence-corrected chi connectivity index (χ1v) is 12.6. The molecule has 0 radical (unpaired) electrons. The highest BCUT2D eigenvalue weighted by Crippen LogP contribution is 2.51. The maximum Gasteiger partial charge on any atom is 0.417 e. The fourth-order valence-corrected chi connectivity index (χ4v) is 6.46. The van der Waals surface area contributed by atoms with Gasteiger partial charge in [-0.2, -0.15) is 13.2 Å². The molecule has 3 aliphatic rings. The van der Waals surface area contributed by atoms with Gasteiger partial charge in [0.2, 0.25) is 5.91 Å². The molecule has 33 heavy (non-hydrogen) atoms. The van der Waals surface area contributed by atoms with E-state index in [0.29, 0.717) is 30.1 Å². The number of hydrogen-bond acceptors (Lipinski definition) is 2. The highest BCUT2D eigenvalue weighted by atomic mass is 19.4. The van der Waals surface area contributed by atoms with E-state index in [-0.39, 0.29) is 23.8 Å². The Morgan fingerprint density at radius 3 is 2.58 bits per heavy atom. The van der Waals surface area contributed by atoms with Crippen LogP contribution in [0.4, 0.5) is 13.2 Å². The van der Waals surface area contributed by atoms with E-state index < -0.39 is 11.7 Å². The predicted octanol–water partition coefficient (Wildman–Crippen LogP) is 6.95.